The summed E-state index contributed by atoms with van der Waals surface area (Å²) in [6.45, 7) is 8.37. The molecule has 0 saturated carbocycles. The molecule has 0 unspecified atom stereocenters. The summed E-state index contributed by atoms with van der Waals surface area (Å²) in [7, 11) is 0. The number of fused-ring (bicyclic) bond motifs is 1. The average Bonchev–Trinajstić information content (AvgIpc) is 3.10. The number of carbonyl (C=O) groups is 2. The Labute approximate surface area is 187 Å². The van der Waals surface area contributed by atoms with Gasteiger partial charge in [-0.3, -0.25) is 9.59 Å². The molecular weight excluding hydrogens is 411 g/mol. The topological polar surface area (TPSA) is 49.4 Å². The van der Waals surface area contributed by atoms with Gasteiger partial charge in [0.25, 0.3) is 11.8 Å². The van der Waals surface area contributed by atoms with Crippen molar-refractivity contribution in [2.75, 3.05) is 18.4 Å². The predicted molar refractivity (Wildman–Crippen MR) is 123 cm³/mol. The number of benzene rings is 1. The minimum Gasteiger partial charge on any atom is -0.339 e. The van der Waals surface area contributed by atoms with Crippen molar-refractivity contribution < 1.29 is 14.0 Å². The SMILES string of the molecule is CC(C)(C)[C@H]1CCc2c(sc(NC(=O)c3ccc(F)cc3)c2C(=O)N2CCCCC2)C1. The van der Waals surface area contributed by atoms with Crippen molar-refractivity contribution in [2.45, 2.75) is 59.3 Å². The zero-order chi connectivity index (χ0) is 22.2. The molecule has 1 aromatic carbocycles. The van der Waals surface area contributed by atoms with E-state index in [-0.39, 0.29) is 23.0 Å². The molecule has 2 aliphatic rings. The standard InChI is InChI=1S/C25H31FN2O2S/c1-25(2,3)17-9-12-19-20(15-17)31-23(21(19)24(30)28-13-5-4-6-14-28)27-22(29)16-7-10-18(26)11-8-16/h7-8,10-11,17H,4-6,9,12-15H2,1-3H3,(H,27,29)/t17-/m0/s1. The van der Waals surface area contributed by atoms with Crippen LogP contribution in [-0.4, -0.2) is 29.8 Å². The van der Waals surface area contributed by atoms with Gasteiger partial charge >= 0.3 is 0 Å². The Hall–Kier alpha value is -2.21. The van der Waals surface area contributed by atoms with Crippen LogP contribution in [0.2, 0.25) is 0 Å². The van der Waals surface area contributed by atoms with Crippen LogP contribution in [0.3, 0.4) is 0 Å². The van der Waals surface area contributed by atoms with Gasteiger partial charge in [0, 0.05) is 23.5 Å². The fraction of sp³-hybridized carbons (Fsp3) is 0.520. The second-order valence-electron chi connectivity index (χ2n) is 9.83. The van der Waals surface area contributed by atoms with E-state index in [4.69, 9.17) is 0 Å². The van der Waals surface area contributed by atoms with Crippen LogP contribution >= 0.6 is 11.3 Å². The number of halogens is 1. The maximum absolute atomic E-state index is 13.5. The molecule has 1 saturated heterocycles. The number of hydrogen-bond acceptors (Lipinski definition) is 3. The molecule has 166 valence electrons. The molecule has 1 aliphatic carbocycles. The van der Waals surface area contributed by atoms with Gasteiger partial charge in [0.05, 0.1) is 5.56 Å². The van der Waals surface area contributed by atoms with Crippen molar-refractivity contribution in [2.24, 2.45) is 11.3 Å². The number of nitrogens with zero attached hydrogens (tertiary/aromatic N) is 1. The summed E-state index contributed by atoms with van der Waals surface area (Å²) in [5.41, 5.74) is 2.40. The lowest BCUT2D eigenvalue weighted by atomic mass is 9.72. The summed E-state index contributed by atoms with van der Waals surface area (Å²) in [5.74, 6) is -0.0889. The number of likely N-dealkylation sites (tertiary alicyclic amines) is 1. The molecule has 2 aromatic rings. The molecule has 1 fully saturated rings. The highest BCUT2D eigenvalue weighted by atomic mass is 32.1. The van der Waals surface area contributed by atoms with Crippen LogP contribution < -0.4 is 5.32 Å². The summed E-state index contributed by atoms with van der Waals surface area (Å²) in [6, 6.07) is 5.50. The Morgan fingerprint density at radius 3 is 2.42 bits per heavy atom. The summed E-state index contributed by atoms with van der Waals surface area (Å²) in [6.07, 6.45) is 6.08. The van der Waals surface area contributed by atoms with Crippen molar-refractivity contribution in [1.29, 1.82) is 0 Å². The van der Waals surface area contributed by atoms with E-state index in [1.807, 2.05) is 4.90 Å². The van der Waals surface area contributed by atoms with Gasteiger partial charge in [-0.05, 0) is 79.7 Å². The van der Waals surface area contributed by atoms with Crippen LogP contribution in [0, 0.1) is 17.2 Å². The Balaban J connectivity index is 1.67. The second kappa shape index (κ2) is 8.73. The number of thiophene rings is 1. The monoisotopic (exact) mass is 442 g/mol. The molecule has 2 amide bonds. The van der Waals surface area contributed by atoms with E-state index in [9.17, 15) is 14.0 Å². The molecule has 4 rings (SSSR count). The lowest BCUT2D eigenvalue weighted by Gasteiger charge is -2.34. The fourth-order valence-electron chi connectivity index (χ4n) is 4.67. The zero-order valence-corrected chi connectivity index (χ0v) is 19.4. The quantitative estimate of drug-likeness (QED) is 0.642. The zero-order valence-electron chi connectivity index (χ0n) is 18.6. The molecule has 31 heavy (non-hydrogen) atoms. The third kappa shape index (κ3) is 4.69. The molecule has 0 spiro atoms. The van der Waals surface area contributed by atoms with Crippen molar-refractivity contribution in [3.05, 3.63) is 51.7 Å². The summed E-state index contributed by atoms with van der Waals surface area (Å²) in [5, 5.41) is 3.63. The number of hydrogen-bond donors (Lipinski definition) is 1. The minimum atomic E-state index is -0.377. The highest BCUT2D eigenvalue weighted by Gasteiger charge is 2.35. The normalized spacial score (nSPS) is 19.1. The number of rotatable bonds is 3. The van der Waals surface area contributed by atoms with Crippen LogP contribution in [0.25, 0.3) is 0 Å². The Morgan fingerprint density at radius 2 is 1.77 bits per heavy atom. The van der Waals surface area contributed by atoms with E-state index in [1.54, 1.807) is 11.3 Å². The summed E-state index contributed by atoms with van der Waals surface area (Å²) >= 11 is 1.55. The van der Waals surface area contributed by atoms with Gasteiger partial charge in [0.15, 0.2) is 0 Å². The fourth-order valence-corrected chi connectivity index (χ4v) is 5.99. The summed E-state index contributed by atoms with van der Waals surface area (Å²) in [4.78, 5) is 29.6. The maximum atomic E-state index is 13.5. The van der Waals surface area contributed by atoms with Crippen LogP contribution in [-0.2, 0) is 12.8 Å². The Bertz CT molecular complexity index is 969. The number of nitrogens with one attached hydrogen (secondary N) is 1. The Morgan fingerprint density at radius 1 is 1.10 bits per heavy atom. The lowest BCUT2D eigenvalue weighted by Crippen LogP contribution is -2.36. The highest BCUT2D eigenvalue weighted by molar-refractivity contribution is 7.17. The predicted octanol–water partition coefficient (Wildman–Crippen LogP) is 5.92. The van der Waals surface area contributed by atoms with Crippen LogP contribution in [0.15, 0.2) is 24.3 Å². The van der Waals surface area contributed by atoms with Gasteiger partial charge in [0.2, 0.25) is 0 Å². The molecule has 0 bridgehead atoms. The molecule has 6 heteroatoms. The smallest absolute Gasteiger partial charge is 0.257 e. The second-order valence-corrected chi connectivity index (χ2v) is 10.9. The van der Waals surface area contributed by atoms with Gasteiger partial charge in [-0.25, -0.2) is 4.39 Å². The largest absolute Gasteiger partial charge is 0.339 e. The van der Waals surface area contributed by atoms with E-state index >= 15 is 0 Å². The summed E-state index contributed by atoms with van der Waals surface area (Å²) < 4.78 is 13.3. The molecular formula is C25H31FN2O2S. The average molecular weight is 443 g/mol. The van der Waals surface area contributed by atoms with Crippen molar-refractivity contribution >= 4 is 28.2 Å². The molecule has 1 aromatic heterocycles. The van der Waals surface area contributed by atoms with Crippen LogP contribution in [0.5, 0.6) is 0 Å². The van der Waals surface area contributed by atoms with Crippen molar-refractivity contribution in [3.63, 3.8) is 0 Å². The van der Waals surface area contributed by atoms with E-state index in [0.717, 1.165) is 57.2 Å². The van der Waals surface area contributed by atoms with Gasteiger partial charge in [0.1, 0.15) is 10.8 Å². The molecule has 1 N–H and O–H groups in total. The highest BCUT2D eigenvalue weighted by Crippen LogP contribution is 2.45. The van der Waals surface area contributed by atoms with Gasteiger partial charge in [-0.1, -0.05) is 20.8 Å². The van der Waals surface area contributed by atoms with Gasteiger partial charge < -0.3 is 10.2 Å². The first kappa shape index (κ1) is 22.0. The molecule has 4 nitrogen and oxygen atoms in total. The van der Waals surface area contributed by atoms with Crippen molar-refractivity contribution in [3.8, 4) is 0 Å². The number of amides is 2. The van der Waals surface area contributed by atoms with Gasteiger partial charge in [-0.15, -0.1) is 11.3 Å². The van der Waals surface area contributed by atoms with Crippen LogP contribution in [0.1, 0.15) is 77.6 Å². The van der Waals surface area contributed by atoms with Crippen molar-refractivity contribution in [1.82, 2.24) is 4.90 Å². The molecule has 1 aliphatic heterocycles. The van der Waals surface area contributed by atoms with Crippen LogP contribution in [0.4, 0.5) is 9.39 Å². The Kier molecular flexibility index (Phi) is 6.20. The van der Waals surface area contributed by atoms with Gasteiger partial charge in [-0.2, -0.15) is 0 Å². The van der Waals surface area contributed by atoms with E-state index in [2.05, 4.69) is 26.1 Å². The molecule has 1 atom stereocenters. The third-order valence-electron chi connectivity index (χ3n) is 6.68. The minimum absolute atomic E-state index is 0.0424. The number of anilines is 1. The molecule has 0 radical (unpaired) electrons. The maximum Gasteiger partial charge on any atom is 0.257 e. The molecule has 2 heterocycles. The first-order valence-corrected chi connectivity index (χ1v) is 12.1. The third-order valence-corrected chi connectivity index (χ3v) is 7.85. The van der Waals surface area contributed by atoms with E-state index < -0.39 is 0 Å². The first-order chi connectivity index (χ1) is 14.7. The number of carbonyl (C=O) groups excluding carboxylic acids is 2. The first-order valence-electron chi connectivity index (χ1n) is 11.2. The van der Waals surface area contributed by atoms with E-state index in [1.165, 1.54) is 29.1 Å². The lowest BCUT2D eigenvalue weighted by molar-refractivity contribution is 0.0724. The van der Waals surface area contributed by atoms with E-state index in [0.29, 0.717) is 22.0 Å². The number of piperidine rings is 1.